The van der Waals surface area contributed by atoms with Gasteiger partial charge in [-0.05, 0) is 41.1 Å². The summed E-state index contributed by atoms with van der Waals surface area (Å²) in [6.07, 6.45) is 2.57. The maximum Gasteiger partial charge on any atom is 0.133 e. The zero-order valence-corrected chi connectivity index (χ0v) is 12.0. The predicted molar refractivity (Wildman–Crippen MR) is 75.6 cm³/mol. The van der Waals surface area contributed by atoms with E-state index in [1.165, 1.54) is 0 Å². The number of nitrogens with one attached hydrogen (secondary N) is 1. The molecule has 2 rings (SSSR count). The SMILES string of the molecule is COc1ccc(-c2cnc(CC(C)N)[nH]2)cc1Br. The number of aromatic amines is 1. The number of aromatic nitrogens is 2. The van der Waals surface area contributed by atoms with Gasteiger partial charge in [0.25, 0.3) is 0 Å². The van der Waals surface area contributed by atoms with Crippen molar-refractivity contribution in [2.45, 2.75) is 19.4 Å². The molecule has 3 N–H and O–H groups in total. The molecule has 0 radical (unpaired) electrons. The van der Waals surface area contributed by atoms with Gasteiger partial charge in [0, 0.05) is 18.0 Å². The van der Waals surface area contributed by atoms with Crippen molar-refractivity contribution < 1.29 is 4.74 Å². The first-order valence-corrected chi connectivity index (χ1v) is 6.53. The van der Waals surface area contributed by atoms with Gasteiger partial charge in [0.1, 0.15) is 11.6 Å². The van der Waals surface area contributed by atoms with Crippen LogP contribution in [0.4, 0.5) is 0 Å². The third-order valence-corrected chi connectivity index (χ3v) is 3.23. The fourth-order valence-electron chi connectivity index (χ4n) is 1.75. The fourth-order valence-corrected chi connectivity index (χ4v) is 2.29. The van der Waals surface area contributed by atoms with Crippen LogP contribution in [-0.4, -0.2) is 23.1 Å². The van der Waals surface area contributed by atoms with Gasteiger partial charge in [0.2, 0.25) is 0 Å². The van der Waals surface area contributed by atoms with Gasteiger partial charge in [0.05, 0.1) is 23.5 Å². The Morgan fingerprint density at radius 2 is 2.28 bits per heavy atom. The zero-order chi connectivity index (χ0) is 13.1. The zero-order valence-electron chi connectivity index (χ0n) is 10.4. The Hall–Kier alpha value is -1.33. The smallest absolute Gasteiger partial charge is 0.133 e. The van der Waals surface area contributed by atoms with Crippen LogP contribution >= 0.6 is 15.9 Å². The molecule has 0 amide bonds. The Morgan fingerprint density at radius 3 is 2.89 bits per heavy atom. The van der Waals surface area contributed by atoms with Gasteiger partial charge >= 0.3 is 0 Å². The number of ether oxygens (including phenoxy) is 1. The molecule has 0 aliphatic heterocycles. The topological polar surface area (TPSA) is 63.9 Å². The Bertz CT molecular complexity index is 537. The molecular weight excluding hydrogens is 294 g/mol. The van der Waals surface area contributed by atoms with Crippen molar-refractivity contribution in [3.8, 4) is 17.0 Å². The second-order valence-electron chi connectivity index (χ2n) is 4.27. The summed E-state index contributed by atoms with van der Waals surface area (Å²) in [5, 5.41) is 0. The van der Waals surface area contributed by atoms with E-state index in [0.717, 1.165) is 33.7 Å². The third-order valence-electron chi connectivity index (χ3n) is 2.61. The minimum atomic E-state index is 0.103. The van der Waals surface area contributed by atoms with Crippen LogP contribution in [0.3, 0.4) is 0 Å². The lowest BCUT2D eigenvalue weighted by Gasteiger charge is -2.05. The highest BCUT2D eigenvalue weighted by Crippen LogP contribution is 2.29. The van der Waals surface area contributed by atoms with Gasteiger partial charge in [-0.1, -0.05) is 0 Å². The van der Waals surface area contributed by atoms with Crippen LogP contribution in [0.15, 0.2) is 28.9 Å². The first-order valence-electron chi connectivity index (χ1n) is 5.73. The second-order valence-corrected chi connectivity index (χ2v) is 5.13. The molecule has 0 fully saturated rings. The molecule has 96 valence electrons. The summed E-state index contributed by atoms with van der Waals surface area (Å²) in [7, 11) is 1.65. The van der Waals surface area contributed by atoms with Gasteiger partial charge < -0.3 is 15.5 Å². The number of H-pyrrole nitrogens is 1. The largest absolute Gasteiger partial charge is 0.496 e. The molecule has 1 aromatic carbocycles. The van der Waals surface area contributed by atoms with Gasteiger partial charge in [-0.25, -0.2) is 4.98 Å². The quantitative estimate of drug-likeness (QED) is 0.912. The number of hydrogen-bond acceptors (Lipinski definition) is 3. The highest BCUT2D eigenvalue weighted by atomic mass is 79.9. The van der Waals surface area contributed by atoms with Crippen molar-refractivity contribution in [2.24, 2.45) is 5.73 Å². The Morgan fingerprint density at radius 1 is 1.50 bits per heavy atom. The standard InChI is InChI=1S/C13H16BrN3O/c1-8(15)5-13-16-7-11(17-13)9-3-4-12(18-2)10(14)6-9/h3-4,6-8H,5,15H2,1-2H3,(H,16,17). The normalized spacial score (nSPS) is 12.4. The highest BCUT2D eigenvalue weighted by molar-refractivity contribution is 9.10. The van der Waals surface area contributed by atoms with E-state index in [4.69, 9.17) is 10.5 Å². The van der Waals surface area contributed by atoms with Crippen LogP contribution in [0.25, 0.3) is 11.3 Å². The monoisotopic (exact) mass is 309 g/mol. The first kappa shape index (κ1) is 13.1. The molecule has 0 saturated carbocycles. The van der Waals surface area contributed by atoms with E-state index in [-0.39, 0.29) is 6.04 Å². The van der Waals surface area contributed by atoms with Crippen LogP contribution in [0.2, 0.25) is 0 Å². The maximum atomic E-state index is 5.75. The van der Waals surface area contributed by atoms with Crippen molar-refractivity contribution in [1.82, 2.24) is 9.97 Å². The molecule has 0 aliphatic carbocycles. The molecule has 0 spiro atoms. The lowest BCUT2D eigenvalue weighted by atomic mass is 10.1. The van der Waals surface area contributed by atoms with Gasteiger partial charge in [-0.15, -0.1) is 0 Å². The Balaban J connectivity index is 2.26. The molecule has 0 saturated heterocycles. The van der Waals surface area contributed by atoms with E-state index in [1.54, 1.807) is 7.11 Å². The van der Waals surface area contributed by atoms with E-state index in [2.05, 4.69) is 25.9 Å². The van der Waals surface area contributed by atoms with Crippen molar-refractivity contribution in [3.63, 3.8) is 0 Å². The van der Waals surface area contributed by atoms with E-state index < -0.39 is 0 Å². The second kappa shape index (κ2) is 5.54. The number of halogens is 1. The maximum absolute atomic E-state index is 5.75. The van der Waals surface area contributed by atoms with Gasteiger partial charge in [-0.3, -0.25) is 0 Å². The predicted octanol–water partition coefficient (Wildman–Crippen LogP) is 2.74. The first-order chi connectivity index (χ1) is 8.60. The van der Waals surface area contributed by atoms with E-state index in [0.29, 0.717) is 0 Å². The highest BCUT2D eigenvalue weighted by Gasteiger charge is 2.07. The van der Waals surface area contributed by atoms with Crippen molar-refractivity contribution in [1.29, 1.82) is 0 Å². The average molecular weight is 310 g/mol. The summed E-state index contributed by atoms with van der Waals surface area (Å²) in [6.45, 7) is 1.96. The van der Waals surface area contributed by atoms with Gasteiger partial charge in [-0.2, -0.15) is 0 Å². The van der Waals surface area contributed by atoms with Crippen molar-refractivity contribution >= 4 is 15.9 Å². The Kier molecular flexibility index (Phi) is 4.04. The molecule has 5 heteroatoms. The molecule has 4 nitrogen and oxygen atoms in total. The summed E-state index contributed by atoms with van der Waals surface area (Å²) in [5.41, 5.74) is 7.79. The minimum Gasteiger partial charge on any atom is -0.496 e. The van der Waals surface area contributed by atoms with E-state index in [1.807, 2.05) is 31.3 Å². The number of hydrogen-bond donors (Lipinski definition) is 2. The van der Waals surface area contributed by atoms with Gasteiger partial charge in [0.15, 0.2) is 0 Å². The minimum absolute atomic E-state index is 0.103. The molecule has 1 unspecified atom stereocenters. The number of methoxy groups -OCH3 is 1. The molecular formula is C13H16BrN3O. The van der Waals surface area contributed by atoms with Crippen LogP contribution in [0, 0.1) is 0 Å². The molecule has 1 heterocycles. The molecule has 18 heavy (non-hydrogen) atoms. The number of nitrogens with zero attached hydrogens (tertiary/aromatic N) is 1. The summed E-state index contributed by atoms with van der Waals surface area (Å²) in [4.78, 5) is 7.60. The molecule has 1 aromatic heterocycles. The summed E-state index contributed by atoms with van der Waals surface area (Å²) < 4.78 is 6.13. The van der Waals surface area contributed by atoms with Crippen molar-refractivity contribution in [2.75, 3.05) is 7.11 Å². The summed E-state index contributed by atoms with van der Waals surface area (Å²) >= 11 is 3.47. The lowest BCUT2D eigenvalue weighted by molar-refractivity contribution is 0.412. The average Bonchev–Trinajstić information content (AvgIpc) is 2.76. The van der Waals surface area contributed by atoms with Crippen molar-refractivity contribution in [3.05, 3.63) is 34.7 Å². The van der Waals surface area contributed by atoms with E-state index >= 15 is 0 Å². The molecule has 0 aliphatic rings. The molecule has 0 bridgehead atoms. The number of benzene rings is 1. The van der Waals surface area contributed by atoms with Crippen LogP contribution in [0.1, 0.15) is 12.7 Å². The summed E-state index contributed by atoms with van der Waals surface area (Å²) in [6, 6.07) is 6.02. The fraction of sp³-hybridized carbons (Fsp3) is 0.308. The summed E-state index contributed by atoms with van der Waals surface area (Å²) in [5.74, 6) is 1.72. The number of nitrogens with two attached hydrogens (primary N) is 1. The van der Waals surface area contributed by atoms with Crippen LogP contribution in [-0.2, 0) is 6.42 Å². The number of rotatable bonds is 4. The molecule has 2 aromatic rings. The third kappa shape index (κ3) is 2.91. The van der Waals surface area contributed by atoms with Crippen LogP contribution in [0.5, 0.6) is 5.75 Å². The van der Waals surface area contributed by atoms with E-state index in [9.17, 15) is 0 Å². The number of imidazole rings is 1. The van der Waals surface area contributed by atoms with Crippen LogP contribution < -0.4 is 10.5 Å². The Labute approximate surface area is 115 Å². The lowest BCUT2D eigenvalue weighted by Crippen LogP contribution is -2.18. The molecule has 1 atom stereocenters.